The average Bonchev–Trinajstić information content (AvgIpc) is 3.38. The number of aromatic amines is 1. The summed E-state index contributed by atoms with van der Waals surface area (Å²) < 4.78 is 1.84. The van der Waals surface area contributed by atoms with Crippen molar-refractivity contribution in [1.82, 2.24) is 24.7 Å². The van der Waals surface area contributed by atoms with Crippen molar-refractivity contribution in [2.45, 2.75) is 26.3 Å². The van der Waals surface area contributed by atoms with E-state index >= 15 is 0 Å². The second-order valence-corrected chi connectivity index (χ2v) is 7.18. The van der Waals surface area contributed by atoms with Crippen molar-refractivity contribution in [3.63, 3.8) is 0 Å². The normalized spacial score (nSPS) is 13.5. The standard InChI is InChI=1S/C21H22N6S/c1-3-6-16(7-5-12-28-4-2)19(8-10-22)27-14-17(13-26-27)20-18-9-11-23-21(18)25-15-24-20/h3,5-7,9,11-15,19H,4,8H2,1-2H3,(H,23,24,25)/b6-3-,12-5-,16-7+. The van der Waals surface area contributed by atoms with Crippen LogP contribution in [-0.4, -0.2) is 30.5 Å². The highest BCUT2D eigenvalue weighted by molar-refractivity contribution is 8.02. The van der Waals surface area contributed by atoms with Crippen LogP contribution in [0.2, 0.25) is 0 Å². The van der Waals surface area contributed by atoms with Gasteiger partial charge >= 0.3 is 0 Å². The molecule has 0 amide bonds. The molecule has 1 unspecified atom stereocenters. The lowest BCUT2D eigenvalue weighted by molar-refractivity contribution is 0.531. The van der Waals surface area contributed by atoms with Gasteiger partial charge in [-0.2, -0.15) is 10.4 Å². The maximum atomic E-state index is 9.37. The van der Waals surface area contributed by atoms with Crippen molar-refractivity contribution < 1.29 is 0 Å². The second-order valence-electron chi connectivity index (χ2n) is 6.00. The number of thioether (sulfide) groups is 1. The summed E-state index contributed by atoms with van der Waals surface area (Å²) in [7, 11) is 0. The van der Waals surface area contributed by atoms with Crippen LogP contribution >= 0.6 is 11.8 Å². The summed E-state index contributed by atoms with van der Waals surface area (Å²) in [5.74, 6) is 1.03. The predicted molar refractivity (Wildman–Crippen MR) is 115 cm³/mol. The molecule has 142 valence electrons. The van der Waals surface area contributed by atoms with Gasteiger partial charge in [-0.25, -0.2) is 9.97 Å². The van der Waals surface area contributed by atoms with Crippen molar-refractivity contribution in [3.05, 3.63) is 66.3 Å². The van der Waals surface area contributed by atoms with Gasteiger partial charge in [0.25, 0.3) is 0 Å². The third-order valence-corrected chi connectivity index (χ3v) is 4.89. The average molecular weight is 391 g/mol. The molecule has 0 aromatic carbocycles. The predicted octanol–water partition coefficient (Wildman–Crippen LogP) is 5.05. The van der Waals surface area contributed by atoms with E-state index in [2.05, 4.69) is 38.5 Å². The fourth-order valence-electron chi connectivity index (χ4n) is 2.96. The zero-order valence-corrected chi connectivity index (χ0v) is 16.7. The number of nitriles is 1. The molecule has 3 rings (SSSR count). The maximum Gasteiger partial charge on any atom is 0.141 e. The first kappa shape index (κ1) is 19.6. The van der Waals surface area contributed by atoms with E-state index in [1.807, 2.05) is 54.4 Å². The third-order valence-electron chi connectivity index (χ3n) is 4.21. The monoisotopic (exact) mass is 390 g/mol. The van der Waals surface area contributed by atoms with Gasteiger partial charge in [-0.15, -0.1) is 11.8 Å². The highest BCUT2D eigenvalue weighted by Gasteiger charge is 2.17. The van der Waals surface area contributed by atoms with Gasteiger partial charge in [-0.1, -0.05) is 31.2 Å². The van der Waals surface area contributed by atoms with Crippen LogP contribution in [0.5, 0.6) is 0 Å². The lowest BCUT2D eigenvalue weighted by Gasteiger charge is -2.15. The van der Waals surface area contributed by atoms with Gasteiger partial charge in [-0.3, -0.25) is 4.68 Å². The molecule has 0 fully saturated rings. The largest absolute Gasteiger partial charge is 0.346 e. The molecule has 0 aliphatic carbocycles. The maximum absolute atomic E-state index is 9.37. The van der Waals surface area contributed by atoms with E-state index in [1.54, 1.807) is 24.3 Å². The van der Waals surface area contributed by atoms with Crippen molar-refractivity contribution in [2.75, 3.05) is 5.75 Å². The minimum Gasteiger partial charge on any atom is -0.346 e. The van der Waals surface area contributed by atoms with Crippen molar-refractivity contribution in [2.24, 2.45) is 0 Å². The molecule has 3 aromatic heterocycles. The third kappa shape index (κ3) is 4.41. The van der Waals surface area contributed by atoms with E-state index in [1.165, 1.54) is 0 Å². The molecule has 0 radical (unpaired) electrons. The minimum atomic E-state index is -0.172. The summed E-state index contributed by atoms with van der Waals surface area (Å²) in [5, 5.41) is 16.9. The van der Waals surface area contributed by atoms with Crippen LogP contribution in [0.15, 0.2) is 66.3 Å². The lowest BCUT2D eigenvalue weighted by atomic mass is 10.0. The molecule has 0 aliphatic heterocycles. The first-order chi connectivity index (χ1) is 13.8. The Morgan fingerprint density at radius 3 is 3.11 bits per heavy atom. The van der Waals surface area contributed by atoms with Gasteiger partial charge in [0.15, 0.2) is 0 Å². The van der Waals surface area contributed by atoms with Crippen molar-refractivity contribution in [1.29, 1.82) is 5.26 Å². The number of nitrogens with one attached hydrogen (secondary N) is 1. The smallest absolute Gasteiger partial charge is 0.141 e. The summed E-state index contributed by atoms with van der Waals surface area (Å²) in [6.45, 7) is 4.09. The van der Waals surface area contributed by atoms with Crippen molar-refractivity contribution >= 4 is 22.8 Å². The number of rotatable bonds is 8. The Hall–Kier alpha value is -3.11. The van der Waals surface area contributed by atoms with E-state index in [9.17, 15) is 5.26 Å². The van der Waals surface area contributed by atoms with E-state index in [4.69, 9.17) is 0 Å². The molecule has 0 saturated carbocycles. The summed E-state index contributed by atoms with van der Waals surface area (Å²) in [6.07, 6.45) is 15.5. The lowest BCUT2D eigenvalue weighted by Crippen LogP contribution is -2.11. The zero-order chi connectivity index (χ0) is 19.8. The van der Waals surface area contributed by atoms with Crippen LogP contribution in [-0.2, 0) is 0 Å². The zero-order valence-electron chi connectivity index (χ0n) is 15.9. The molecule has 1 atom stereocenters. The Balaban J connectivity index is 1.97. The van der Waals surface area contributed by atoms with Crippen LogP contribution in [0.1, 0.15) is 26.3 Å². The van der Waals surface area contributed by atoms with Gasteiger partial charge < -0.3 is 4.98 Å². The Labute approximate surface area is 168 Å². The molecule has 3 heterocycles. The molecule has 0 bridgehead atoms. The summed E-state index contributed by atoms with van der Waals surface area (Å²) in [5.41, 5.74) is 3.54. The topological polar surface area (TPSA) is 83.2 Å². The minimum absolute atomic E-state index is 0.172. The Kier molecular flexibility index (Phi) is 6.82. The number of hydrogen-bond acceptors (Lipinski definition) is 5. The quantitative estimate of drug-likeness (QED) is 0.544. The Bertz CT molecular complexity index is 1050. The molecule has 7 heteroatoms. The molecule has 0 aliphatic rings. The van der Waals surface area contributed by atoms with Gasteiger partial charge in [0, 0.05) is 23.3 Å². The fraction of sp³-hybridized carbons (Fsp3) is 0.238. The molecule has 3 aromatic rings. The molecule has 1 N–H and O–H groups in total. The molecule has 6 nitrogen and oxygen atoms in total. The van der Waals surface area contributed by atoms with Gasteiger partial charge in [0.2, 0.25) is 0 Å². The van der Waals surface area contributed by atoms with E-state index in [-0.39, 0.29) is 6.04 Å². The number of fused-ring (bicyclic) bond motifs is 1. The molecule has 28 heavy (non-hydrogen) atoms. The summed E-state index contributed by atoms with van der Waals surface area (Å²) in [4.78, 5) is 11.8. The first-order valence-electron chi connectivity index (χ1n) is 9.09. The van der Waals surface area contributed by atoms with Gasteiger partial charge in [-0.05, 0) is 29.7 Å². The molecule has 0 spiro atoms. The van der Waals surface area contributed by atoms with Crippen LogP contribution in [0.4, 0.5) is 0 Å². The summed E-state index contributed by atoms with van der Waals surface area (Å²) in [6, 6.07) is 4.07. The number of hydrogen-bond donors (Lipinski definition) is 1. The van der Waals surface area contributed by atoms with Crippen molar-refractivity contribution in [3.8, 4) is 17.3 Å². The summed E-state index contributed by atoms with van der Waals surface area (Å²) >= 11 is 1.74. The second kappa shape index (κ2) is 9.72. The van der Waals surface area contributed by atoms with Gasteiger partial charge in [0.1, 0.15) is 12.0 Å². The van der Waals surface area contributed by atoms with Crippen LogP contribution in [0, 0.1) is 11.3 Å². The molecule has 0 saturated heterocycles. The highest BCUT2D eigenvalue weighted by Crippen LogP contribution is 2.28. The first-order valence-corrected chi connectivity index (χ1v) is 10.1. The Morgan fingerprint density at radius 1 is 1.43 bits per heavy atom. The SMILES string of the molecule is C\C=C/C(=C\C=C/SCC)C(CC#N)n1cc(-c2ncnc3[nH]ccc23)cn1. The number of H-pyrrole nitrogens is 1. The highest BCUT2D eigenvalue weighted by atomic mass is 32.2. The molecular weight excluding hydrogens is 368 g/mol. The fourth-order valence-corrected chi connectivity index (χ4v) is 3.34. The molecular formula is C21H22N6S. The van der Waals surface area contributed by atoms with Crippen LogP contribution < -0.4 is 0 Å². The van der Waals surface area contributed by atoms with E-state index in [0.29, 0.717) is 6.42 Å². The van der Waals surface area contributed by atoms with Crippen LogP contribution in [0.3, 0.4) is 0 Å². The van der Waals surface area contributed by atoms with E-state index in [0.717, 1.165) is 33.6 Å². The number of aromatic nitrogens is 5. The Morgan fingerprint density at radius 2 is 2.32 bits per heavy atom. The van der Waals surface area contributed by atoms with E-state index < -0.39 is 0 Å². The van der Waals surface area contributed by atoms with Gasteiger partial charge in [0.05, 0.1) is 30.4 Å². The number of nitrogens with zero attached hydrogens (tertiary/aromatic N) is 5. The number of allylic oxidation sites excluding steroid dienone is 5. The van der Waals surface area contributed by atoms with Crippen LogP contribution in [0.25, 0.3) is 22.3 Å².